The molecule has 1 aliphatic heterocycles. The summed E-state index contributed by atoms with van der Waals surface area (Å²) in [4.78, 5) is 0. The normalized spacial score (nSPS) is 50.4. The van der Waals surface area contributed by atoms with Gasteiger partial charge < -0.3 is 9.63 Å². The van der Waals surface area contributed by atoms with Crippen molar-refractivity contribution in [3.8, 4) is 0 Å². The Morgan fingerprint density at radius 3 is 2.41 bits per heavy atom. The van der Waals surface area contributed by atoms with Crippen LogP contribution in [0.1, 0.15) is 51.4 Å². The van der Waals surface area contributed by atoms with Crippen LogP contribution in [0.4, 0.5) is 0 Å². The zero-order chi connectivity index (χ0) is 11.9. The SMILES string of the molecule is O=P1(CO)OC2CCCCC2C2CCCCC21. The molecule has 2 saturated carbocycles. The van der Waals surface area contributed by atoms with Crippen molar-refractivity contribution in [3.05, 3.63) is 0 Å². The maximum absolute atomic E-state index is 12.8. The first-order valence-corrected chi connectivity index (χ1v) is 9.00. The molecule has 0 spiro atoms. The van der Waals surface area contributed by atoms with Gasteiger partial charge in [-0.2, -0.15) is 0 Å². The van der Waals surface area contributed by atoms with E-state index in [0.29, 0.717) is 11.8 Å². The summed E-state index contributed by atoms with van der Waals surface area (Å²) in [5.41, 5.74) is 0.167. The molecule has 1 saturated heterocycles. The molecule has 4 heteroatoms. The third kappa shape index (κ3) is 2.01. The predicted octanol–water partition coefficient (Wildman–Crippen LogP) is 3.36. The minimum absolute atomic E-state index is 0.167. The summed E-state index contributed by atoms with van der Waals surface area (Å²) >= 11 is 0. The van der Waals surface area contributed by atoms with E-state index >= 15 is 0 Å². The van der Waals surface area contributed by atoms with Crippen LogP contribution in [-0.4, -0.2) is 23.2 Å². The standard InChI is InChI=1S/C13H23O3P/c14-9-17(15)13-8-4-2-6-11(13)10-5-1-3-7-12(10)16-17/h10-14H,1-9H2. The average molecular weight is 258 g/mol. The van der Waals surface area contributed by atoms with Crippen molar-refractivity contribution in [2.45, 2.75) is 63.1 Å². The first kappa shape index (κ1) is 12.2. The molecule has 98 valence electrons. The molecule has 0 aromatic rings. The number of hydrogen-bond donors (Lipinski definition) is 1. The molecule has 0 bridgehead atoms. The Labute approximate surface area is 103 Å². The van der Waals surface area contributed by atoms with Crippen LogP contribution in [0.2, 0.25) is 0 Å². The van der Waals surface area contributed by atoms with Gasteiger partial charge in [0.15, 0.2) is 0 Å². The fourth-order valence-electron chi connectivity index (χ4n) is 4.32. The molecule has 2 aliphatic carbocycles. The number of rotatable bonds is 1. The van der Waals surface area contributed by atoms with E-state index in [2.05, 4.69) is 0 Å². The van der Waals surface area contributed by atoms with Gasteiger partial charge in [-0.25, -0.2) is 0 Å². The first-order chi connectivity index (χ1) is 8.24. The third-order valence-electron chi connectivity index (χ3n) is 5.10. The van der Waals surface area contributed by atoms with Crippen molar-refractivity contribution in [3.63, 3.8) is 0 Å². The van der Waals surface area contributed by atoms with Gasteiger partial charge in [0.1, 0.15) is 6.35 Å². The molecular weight excluding hydrogens is 235 g/mol. The van der Waals surface area contributed by atoms with Crippen LogP contribution in [0, 0.1) is 11.8 Å². The Morgan fingerprint density at radius 2 is 1.65 bits per heavy atom. The Morgan fingerprint density at radius 1 is 1.00 bits per heavy atom. The maximum atomic E-state index is 12.8. The summed E-state index contributed by atoms with van der Waals surface area (Å²) in [7, 11) is -2.76. The second-order valence-electron chi connectivity index (χ2n) is 5.98. The summed E-state index contributed by atoms with van der Waals surface area (Å²) < 4.78 is 18.7. The van der Waals surface area contributed by atoms with Crippen molar-refractivity contribution in [1.29, 1.82) is 0 Å². The van der Waals surface area contributed by atoms with E-state index in [1.807, 2.05) is 0 Å². The Bertz CT molecular complexity index is 331. The lowest BCUT2D eigenvalue weighted by Gasteiger charge is -2.50. The molecule has 5 unspecified atom stereocenters. The van der Waals surface area contributed by atoms with Crippen molar-refractivity contribution in [2.24, 2.45) is 11.8 Å². The van der Waals surface area contributed by atoms with Gasteiger partial charge in [-0.15, -0.1) is 0 Å². The van der Waals surface area contributed by atoms with Gasteiger partial charge in [-0.3, -0.25) is 4.57 Å². The minimum atomic E-state index is -2.76. The molecular formula is C13H23O3P. The summed E-state index contributed by atoms with van der Waals surface area (Å²) in [5, 5.41) is 9.49. The number of hydrogen-bond acceptors (Lipinski definition) is 3. The van der Waals surface area contributed by atoms with Gasteiger partial charge in [0.2, 0.25) is 7.37 Å². The highest BCUT2D eigenvalue weighted by molar-refractivity contribution is 7.59. The lowest BCUT2D eigenvalue weighted by Crippen LogP contribution is -2.45. The Hall–Kier alpha value is 0.150. The highest BCUT2D eigenvalue weighted by Crippen LogP contribution is 2.65. The predicted molar refractivity (Wildman–Crippen MR) is 67.3 cm³/mol. The molecule has 17 heavy (non-hydrogen) atoms. The van der Waals surface area contributed by atoms with Crippen LogP contribution in [0.25, 0.3) is 0 Å². The van der Waals surface area contributed by atoms with Crippen LogP contribution < -0.4 is 0 Å². The molecule has 5 atom stereocenters. The van der Waals surface area contributed by atoms with E-state index in [0.717, 1.165) is 19.3 Å². The van der Waals surface area contributed by atoms with Crippen molar-refractivity contribution in [2.75, 3.05) is 6.35 Å². The molecule has 1 heterocycles. The smallest absolute Gasteiger partial charge is 0.231 e. The average Bonchev–Trinajstić information content (AvgIpc) is 2.39. The fraction of sp³-hybridized carbons (Fsp3) is 1.00. The lowest BCUT2D eigenvalue weighted by molar-refractivity contribution is 0.0135. The van der Waals surface area contributed by atoms with Crippen LogP contribution in [0.3, 0.4) is 0 Å². The van der Waals surface area contributed by atoms with Crippen LogP contribution in [-0.2, 0) is 9.09 Å². The van der Waals surface area contributed by atoms with Crippen LogP contribution in [0.15, 0.2) is 0 Å². The highest BCUT2D eigenvalue weighted by atomic mass is 31.2. The van der Waals surface area contributed by atoms with Gasteiger partial charge in [0, 0.05) is 5.66 Å². The number of fused-ring (bicyclic) bond motifs is 3. The van der Waals surface area contributed by atoms with Crippen molar-refractivity contribution in [1.82, 2.24) is 0 Å². The van der Waals surface area contributed by atoms with E-state index in [4.69, 9.17) is 4.52 Å². The van der Waals surface area contributed by atoms with E-state index < -0.39 is 7.37 Å². The summed E-state index contributed by atoms with van der Waals surface area (Å²) in [6.45, 7) is 0. The molecule has 1 N–H and O–H groups in total. The second kappa shape index (κ2) is 4.68. The number of aliphatic hydroxyl groups is 1. The molecule has 0 aromatic carbocycles. The molecule has 3 fully saturated rings. The molecule has 0 amide bonds. The Balaban J connectivity index is 1.89. The molecule has 3 nitrogen and oxygen atoms in total. The van der Waals surface area contributed by atoms with E-state index in [1.54, 1.807) is 0 Å². The molecule has 3 rings (SSSR count). The van der Waals surface area contributed by atoms with Gasteiger partial charge in [0.05, 0.1) is 6.10 Å². The third-order valence-corrected chi connectivity index (χ3v) is 7.78. The molecule has 0 radical (unpaired) electrons. The minimum Gasteiger partial charge on any atom is -0.386 e. The lowest BCUT2D eigenvalue weighted by atomic mass is 9.71. The van der Waals surface area contributed by atoms with Crippen LogP contribution >= 0.6 is 7.37 Å². The second-order valence-corrected chi connectivity index (χ2v) is 8.58. The fourth-order valence-corrected chi connectivity index (χ4v) is 7.00. The van der Waals surface area contributed by atoms with Gasteiger partial charge in [-0.1, -0.05) is 25.7 Å². The summed E-state index contributed by atoms with van der Waals surface area (Å²) in [5.74, 6) is 1.20. The highest BCUT2D eigenvalue weighted by Gasteiger charge is 2.52. The summed E-state index contributed by atoms with van der Waals surface area (Å²) in [6.07, 6.45) is 9.39. The molecule has 0 aromatic heterocycles. The molecule has 3 aliphatic rings. The maximum Gasteiger partial charge on any atom is 0.231 e. The van der Waals surface area contributed by atoms with E-state index in [-0.39, 0.29) is 18.1 Å². The topological polar surface area (TPSA) is 46.5 Å². The summed E-state index contributed by atoms with van der Waals surface area (Å²) in [6, 6.07) is 0. The van der Waals surface area contributed by atoms with Gasteiger partial charge >= 0.3 is 0 Å². The van der Waals surface area contributed by atoms with E-state index in [9.17, 15) is 9.67 Å². The monoisotopic (exact) mass is 258 g/mol. The largest absolute Gasteiger partial charge is 0.386 e. The van der Waals surface area contributed by atoms with Crippen LogP contribution in [0.5, 0.6) is 0 Å². The van der Waals surface area contributed by atoms with Gasteiger partial charge in [0.25, 0.3) is 0 Å². The van der Waals surface area contributed by atoms with E-state index in [1.165, 1.54) is 32.1 Å². The Kier molecular flexibility index (Phi) is 3.36. The van der Waals surface area contributed by atoms with Gasteiger partial charge in [-0.05, 0) is 37.5 Å². The zero-order valence-electron chi connectivity index (χ0n) is 10.4. The van der Waals surface area contributed by atoms with Crippen molar-refractivity contribution < 1.29 is 14.2 Å². The zero-order valence-corrected chi connectivity index (χ0v) is 11.3. The number of aliphatic hydroxyl groups excluding tert-OH is 1. The quantitative estimate of drug-likeness (QED) is 0.733. The first-order valence-electron chi connectivity index (χ1n) is 7.12. The van der Waals surface area contributed by atoms with Crippen molar-refractivity contribution >= 4 is 7.37 Å².